The fourth-order valence-electron chi connectivity index (χ4n) is 6.86. The van der Waals surface area contributed by atoms with Gasteiger partial charge in [0.25, 0.3) is 0 Å². The molecule has 1 aliphatic rings. The number of nitriles is 1. The van der Waals surface area contributed by atoms with Crippen LogP contribution < -0.4 is 0 Å². The summed E-state index contributed by atoms with van der Waals surface area (Å²) in [6.07, 6.45) is 7.79. The number of rotatable bonds is 4. The van der Waals surface area contributed by atoms with Crippen LogP contribution in [-0.4, -0.2) is 24.7 Å². The third-order valence-electron chi connectivity index (χ3n) is 10.8. The first-order valence-electron chi connectivity index (χ1n) is 11.5. The van der Waals surface area contributed by atoms with E-state index in [0.29, 0.717) is 6.42 Å². The monoisotopic (exact) mass is 432 g/mol. The molecule has 6 nitrogen and oxygen atoms in total. The molecule has 0 unspecified atom stereocenters. The van der Waals surface area contributed by atoms with Gasteiger partial charge < -0.3 is 4.98 Å². The summed E-state index contributed by atoms with van der Waals surface area (Å²) in [6, 6.07) is 4.40. The number of hydrogen-bond donors (Lipinski definition) is 1. The maximum atomic E-state index is 9.89. The number of nitrogens with zero attached hydrogens (tertiary/aromatic N) is 5. The van der Waals surface area contributed by atoms with Crippen molar-refractivity contribution in [2.45, 2.75) is 74.8 Å². The summed E-state index contributed by atoms with van der Waals surface area (Å²) in [4.78, 5) is 12.0. The van der Waals surface area contributed by atoms with Gasteiger partial charge in [-0.1, -0.05) is 62.3 Å². The third kappa shape index (κ3) is 2.43. The SMILES string of the molecule is CC1(C)C(C)(C)C(C)(C)C(C)([C@@H](CC#N)n2cc(-c3ncnc4[nH]ccc34)cn2)C1(C)C. The van der Waals surface area contributed by atoms with Crippen molar-refractivity contribution < 1.29 is 0 Å². The van der Waals surface area contributed by atoms with Gasteiger partial charge in [-0.2, -0.15) is 10.4 Å². The fraction of sp³-hybridized carbons (Fsp3) is 0.615. The fourth-order valence-corrected chi connectivity index (χ4v) is 6.86. The largest absolute Gasteiger partial charge is 0.346 e. The number of fused-ring (bicyclic) bond motifs is 1. The van der Waals surface area contributed by atoms with E-state index in [1.165, 1.54) is 0 Å². The van der Waals surface area contributed by atoms with E-state index in [9.17, 15) is 5.26 Å². The van der Waals surface area contributed by atoms with Crippen molar-refractivity contribution in [1.82, 2.24) is 24.7 Å². The first-order chi connectivity index (χ1) is 14.8. The Hall–Kier alpha value is -2.68. The van der Waals surface area contributed by atoms with Crippen LogP contribution in [0, 0.1) is 38.4 Å². The lowest BCUT2D eigenvalue weighted by molar-refractivity contribution is -0.0579. The highest BCUT2D eigenvalue weighted by molar-refractivity contribution is 5.89. The Bertz CT molecular complexity index is 1170. The molecule has 0 aliphatic heterocycles. The number of H-pyrrole nitrogens is 1. The van der Waals surface area contributed by atoms with Gasteiger partial charge in [0.2, 0.25) is 0 Å². The van der Waals surface area contributed by atoms with Gasteiger partial charge in [0.15, 0.2) is 0 Å². The van der Waals surface area contributed by atoms with Gasteiger partial charge in [0.05, 0.1) is 30.4 Å². The summed E-state index contributed by atoms with van der Waals surface area (Å²) in [5.74, 6) is 0. The second-order valence-electron chi connectivity index (χ2n) is 11.8. The van der Waals surface area contributed by atoms with Crippen LogP contribution in [0.5, 0.6) is 0 Å². The van der Waals surface area contributed by atoms with Crippen LogP contribution >= 0.6 is 0 Å². The van der Waals surface area contributed by atoms with Gasteiger partial charge in [-0.15, -0.1) is 0 Å². The van der Waals surface area contributed by atoms with Crippen molar-refractivity contribution >= 4 is 11.0 Å². The maximum Gasteiger partial charge on any atom is 0.141 e. The van der Waals surface area contributed by atoms with Crippen molar-refractivity contribution in [3.63, 3.8) is 0 Å². The summed E-state index contributed by atoms with van der Waals surface area (Å²) in [6.45, 7) is 21.5. The quantitative estimate of drug-likeness (QED) is 0.517. The van der Waals surface area contributed by atoms with E-state index in [1.807, 2.05) is 23.1 Å². The van der Waals surface area contributed by atoms with Gasteiger partial charge in [-0.05, 0) is 27.7 Å². The highest BCUT2D eigenvalue weighted by Crippen LogP contribution is 2.80. The van der Waals surface area contributed by atoms with E-state index >= 15 is 0 Å². The van der Waals surface area contributed by atoms with E-state index in [1.54, 1.807) is 6.33 Å². The van der Waals surface area contributed by atoms with Crippen LogP contribution in [0.25, 0.3) is 22.3 Å². The molecule has 0 saturated heterocycles. The average molecular weight is 433 g/mol. The molecule has 3 aromatic heterocycles. The normalized spacial score (nSPS) is 23.1. The van der Waals surface area contributed by atoms with Crippen molar-refractivity contribution in [1.29, 1.82) is 5.26 Å². The van der Waals surface area contributed by atoms with Crippen LogP contribution in [-0.2, 0) is 0 Å². The van der Waals surface area contributed by atoms with E-state index in [0.717, 1.165) is 22.3 Å². The van der Waals surface area contributed by atoms with Crippen LogP contribution in [0.4, 0.5) is 0 Å². The third-order valence-corrected chi connectivity index (χ3v) is 10.8. The molecule has 6 heteroatoms. The van der Waals surface area contributed by atoms with E-state index in [4.69, 9.17) is 5.10 Å². The highest BCUT2D eigenvalue weighted by Gasteiger charge is 2.75. The van der Waals surface area contributed by atoms with Gasteiger partial charge in [0.1, 0.15) is 12.0 Å². The van der Waals surface area contributed by atoms with E-state index in [2.05, 4.69) is 89.5 Å². The Morgan fingerprint density at radius 2 is 1.59 bits per heavy atom. The molecule has 1 aliphatic carbocycles. The Morgan fingerprint density at radius 1 is 0.969 bits per heavy atom. The average Bonchev–Trinajstić information content (AvgIpc) is 3.40. The zero-order valence-corrected chi connectivity index (χ0v) is 20.9. The summed E-state index contributed by atoms with van der Waals surface area (Å²) >= 11 is 0. The van der Waals surface area contributed by atoms with E-state index in [-0.39, 0.29) is 33.1 Å². The summed E-state index contributed by atoms with van der Waals surface area (Å²) in [7, 11) is 0. The molecule has 32 heavy (non-hydrogen) atoms. The van der Waals surface area contributed by atoms with Crippen LogP contribution in [0.3, 0.4) is 0 Å². The lowest BCUT2D eigenvalue weighted by atomic mass is 9.52. The zero-order valence-electron chi connectivity index (χ0n) is 20.9. The number of nitrogens with one attached hydrogen (secondary N) is 1. The molecule has 0 aromatic carbocycles. The maximum absolute atomic E-state index is 9.89. The predicted octanol–water partition coefficient (Wildman–Crippen LogP) is 6.40. The molecule has 0 radical (unpaired) electrons. The Balaban J connectivity index is 1.89. The summed E-state index contributed by atoms with van der Waals surface area (Å²) in [5, 5.41) is 15.7. The smallest absolute Gasteiger partial charge is 0.141 e. The van der Waals surface area contributed by atoms with Crippen molar-refractivity contribution in [2.24, 2.45) is 27.1 Å². The predicted molar refractivity (Wildman–Crippen MR) is 128 cm³/mol. The number of aromatic nitrogens is 5. The lowest BCUT2D eigenvalue weighted by Gasteiger charge is -2.54. The molecule has 0 spiro atoms. The Morgan fingerprint density at radius 3 is 2.19 bits per heavy atom. The molecular weight excluding hydrogens is 396 g/mol. The molecule has 0 bridgehead atoms. The highest BCUT2D eigenvalue weighted by atomic mass is 15.3. The number of hydrogen-bond acceptors (Lipinski definition) is 4. The van der Waals surface area contributed by atoms with Gasteiger partial charge in [-0.25, -0.2) is 9.97 Å². The number of aromatic amines is 1. The lowest BCUT2D eigenvalue weighted by Crippen LogP contribution is -2.49. The van der Waals surface area contributed by atoms with Crippen molar-refractivity contribution in [2.75, 3.05) is 0 Å². The minimum absolute atomic E-state index is 0.0475. The molecule has 3 heterocycles. The van der Waals surface area contributed by atoms with Crippen LogP contribution in [0.15, 0.2) is 31.0 Å². The summed E-state index contributed by atoms with van der Waals surface area (Å²) < 4.78 is 2.03. The van der Waals surface area contributed by atoms with Gasteiger partial charge >= 0.3 is 0 Å². The molecule has 170 valence electrons. The second kappa shape index (κ2) is 6.66. The first kappa shape index (κ1) is 22.5. The topological polar surface area (TPSA) is 83.2 Å². The standard InChI is InChI=1S/C26H36N6/c1-22(2)23(3,4)25(7,8)26(9,24(22,5)6)19(10-12-27)32-15-17(14-31-32)20-18-11-13-28-21(18)30-16-29-20/h11,13-16,19H,10H2,1-9H3,(H,28,29,30)/t19-/m1/s1. The van der Waals surface area contributed by atoms with Crippen molar-refractivity contribution in [3.8, 4) is 17.3 Å². The molecule has 0 amide bonds. The molecule has 1 saturated carbocycles. The minimum atomic E-state index is -0.193. The van der Waals surface area contributed by atoms with Gasteiger partial charge in [-0.3, -0.25) is 4.68 Å². The Labute approximate surface area is 191 Å². The van der Waals surface area contributed by atoms with E-state index < -0.39 is 0 Å². The van der Waals surface area contributed by atoms with Crippen LogP contribution in [0.2, 0.25) is 0 Å². The molecule has 3 aromatic rings. The Kier molecular flexibility index (Phi) is 4.69. The molecule has 4 rings (SSSR count). The molecule has 1 atom stereocenters. The molecule has 1 N–H and O–H groups in total. The molecular formula is C26H36N6. The first-order valence-corrected chi connectivity index (χ1v) is 11.5. The molecule has 1 fully saturated rings. The van der Waals surface area contributed by atoms with Crippen LogP contribution in [0.1, 0.15) is 74.8 Å². The van der Waals surface area contributed by atoms with Crippen molar-refractivity contribution in [3.05, 3.63) is 31.0 Å². The minimum Gasteiger partial charge on any atom is -0.346 e. The summed E-state index contributed by atoms with van der Waals surface area (Å²) in [5.41, 5.74) is 2.40. The second-order valence-corrected chi connectivity index (χ2v) is 11.8. The zero-order chi connectivity index (χ0) is 23.7. The van der Waals surface area contributed by atoms with Gasteiger partial charge in [0, 0.05) is 28.8 Å².